The maximum Gasteiger partial charge on any atom is 0.230 e. The summed E-state index contributed by atoms with van der Waals surface area (Å²) in [7, 11) is 0. The van der Waals surface area contributed by atoms with Crippen LogP contribution in [0.3, 0.4) is 0 Å². The third kappa shape index (κ3) is 2.57. The zero-order valence-electron chi connectivity index (χ0n) is 11.3. The predicted octanol–water partition coefficient (Wildman–Crippen LogP) is 2.01. The van der Waals surface area contributed by atoms with Crippen LogP contribution in [0, 0.1) is 11.3 Å². The average molecular weight is 226 g/mol. The van der Waals surface area contributed by atoms with Crippen LogP contribution in [-0.4, -0.2) is 29.4 Å². The highest BCUT2D eigenvalue weighted by molar-refractivity contribution is 5.83. The highest BCUT2D eigenvalue weighted by atomic mass is 16.2. The van der Waals surface area contributed by atoms with Gasteiger partial charge in [-0.05, 0) is 46.5 Å². The Balaban J connectivity index is 2.71. The zero-order chi connectivity index (χ0) is 12.6. The molecule has 1 heterocycles. The minimum Gasteiger partial charge on any atom is -0.342 e. The Morgan fingerprint density at radius 3 is 2.00 bits per heavy atom. The molecule has 0 aromatic carbocycles. The highest BCUT2D eigenvalue weighted by Gasteiger charge is 2.43. The number of hydrogen-bond acceptors (Lipinski definition) is 2. The summed E-state index contributed by atoms with van der Waals surface area (Å²) in [6, 6.07) is 0. The van der Waals surface area contributed by atoms with Gasteiger partial charge < -0.3 is 10.6 Å². The molecule has 3 heteroatoms. The largest absolute Gasteiger partial charge is 0.342 e. The van der Waals surface area contributed by atoms with Gasteiger partial charge in [0, 0.05) is 18.6 Å². The van der Waals surface area contributed by atoms with Gasteiger partial charge in [0.25, 0.3) is 0 Å². The maximum atomic E-state index is 12.4. The maximum absolute atomic E-state index is 12.4. The fourth-order valence-corrected chi connectivity index (χ4v) is 1.88. The molecular formula is C13H26N2O. The van der Waals surface area contributed by atoms with Crippen molar-refractivity contribution in [2.75, 3.05) is 13.1 Å². The van der Waals surface area contributed by atoms with E-state index in [2.05, 4.69) is 6.92 Å². The Morgan fingerprint density at radius 2 is 1.62 bits per heavy atom. The van der Waals surface area contributed by atoms with E-state index in [1.807, 2.05) is 32.6 Å². The van der Waals surface area contributed by atoms with Crippen LogP contribution in [0.4, 0.5) is 0 Å². The summed E-state index contributed by atoms with van der Waals surface area (Å²) in [6.07, 6.45) is 2.24. The number of likely N-dealkylation sites (tertiary alicyclic amines) is 1. The van der Waals surface area contributed by atoms with E-state index in [1.54, 1.807) is 0 Å². The van der Waals surface area contributed by atoms with Gasteiger partial charge in [-0.3, -0.25) is 4.79 Å². The summed E-state index contributed by atoms with van der Waals surface area (Å²) in [5, 5.41) is 0. The number of carbonyl (C=O) groups is 1. The highest BCUT2D eigenvalue weighted by Crippen LogP contribution is 2.32. The molecule has 1 amide bonds. The Kier molecular flexibility index (Phi) is 3.68. The molecule has 1 fully saturated rings. The van der Waals surface area contributed by atoms with Crippen molar-refractivity contribution in [1.82, 2.24) is 4.90 Å². The second-order valence-electron chi connectivity index (χ2n) is 6.32. The van der Waals surface area contributed by atoms with Crippen molar-refractivity contribution in [3.05, 3.63) is 0 Å². The van der Waals surface area contributed by atoms with Gasteiger partial charge in [0.15, 0.2) is 0 Å². The lowest BCUT2D eigenvalue weighted by Crippen LogP contribution is -2.57. The van der Waals surface area contributed by atoms with Crippen LogP contribution in [0.2, 0.25) is 0 Å². The van der Waals surface area contributed by atoms with Gasteiger partial charge in [-0.2, -0.15) is 0 Å². The second-order valence-corrected chi connectivity index (χ2v) is 6.32. The van der Waals surface area contributed by atoms with Gasteiger partial charge in [-0.1, -0.05) is 6.92 Å². The smallest absolute Gasteiger partial charge is 0.230 e. The number of carbonyl (C=O) groups excluding carboxylic acids is 1. The van der Waals surface area contributed by atoms with Crippen LogP contribution in [0.5, 0.6) is 0 Å². The van der Waals surface area contributed by atoms with Crippen LogP contribution in [0.25, 0.3) is 0 Å². The van der Waals surface area contributed by atoms with E-state index in [0.29, 0.717) is 0 Å². The predicted molar refractivity (Wildman–Crippen MR) is 67.0 cm³/mol. The van der Waals surface area contributed by atoms with Gasteiger partial charge in [0.2, 0.25) is 5.91 Å². The molecule has 1 aliphatic rings. The molecule has 0 saturated carbocycles. The summed E-state index contributed by atoms with van der Waals surface area (Å²) in [5.74, 6) is 0.949. The molecule has 1 aliphatic heterocycles. The third-order valence-electron chi connectivity index (χ3n) is 4.22. The quantitative estimate of drug-likeness (QED) is 0.783. The molecule has 0 aromatic heterocycles. The van der Waals surface area contributed by atoms with E-state index in [-0.39, 0.29) is 5.91 Å². The summed E-state index contributed by atoms with van der Waals surface area (Å²) in [4.78, 5) is 14.4. The fourth-order valence-electron chi connectivity index (χ4n) is 1.88. The summed E-state index contributed by atoms with van der Waals surface area (Å²) >= 11 is 0. The molecule has 0 spiro atoms. The molecule has 0 unspecified atom stereocenters. The first kappa shape index (κ1) is 13.5. The van der Waals surface area contributed by atoms with Crippen molar-refractivity contribution >= 4 is 5.91 Å². The molecular weight excluding hydrogens is 200 g/mol. The molecule has 0 bridgehead atoms. The topological polar surface area (TPSA) is 46.3 Å². The molecule has 3 nitrogen and oxygen atoms in total. The standard InChI is InChI=1S/C13H26N2O/c1-10-6-8-15(9-7-10)11(16)12(2,3)13(4,5)14/h10H,6-9,14H2,1-5H3. The second kappa shape index (κ2) is 4.36. The SMILES string of the molecule is CC1CCN(C(=O)C(C)(C)C(C)(C)N)CC1. The molecule has 2 N–H and O–H groups in total. The summed E-state index contributed by atoms with van der Waals surface area (Å²) in [5.41, 5.74) is 5.13. The zero-order valence-corrected chi connectivity index (χ0v) is 11.3. The third-order valence-corrected chi connectivity index (χ3v) is 4.22. The number of nitrogens with zero attached hydrogens (tertiary/aromatic N) is 1. The lowest BCUT2D eigenvalue weighted by molar-refractivity contribution is -0.144. The van der Waals surface area contributed by atoms with Gasteiger partial charge >= 0.3 is 0 Å². The first-order valence-corrected chi connectivity index (χ1v) is 6.24. The molecule has 0 atom stereocenters. The fraction of sp³-hybridized carbons (Fsp3) is 0.923. The minimum absolute atomic E-state index is 0.201. The van der Waals surface area contributed by atoms with Crippen molar-refractivity contribution < 1.29 is 4.79 Å². The number of amides is 1. The van der Waals surface area contributed by atoms with Gasteiger partial charge in [0.05, 0.1) is 5.41 Å². The molecule has 0 radical (unpaired) electrons. The van der Waals surface area contributed by atoms with Crippen molar-refractivity contribution in [2.45, 2.75) is 53.0 Å². The molecule has 94 valence electrons. The molecule has 16 heavy (non-hydrogen) atoms. The summed E-state index contributed by atoms with van der Waals surface area (Å²) in [6.45, 7) is 11.8. The van der Waals surface area contributed by atoms with E-state index in [1.165, 1.54) is 0 Å². The lowest BCUT2D eigenvalue weighted by Gasteiger charge is -2.42. The van der Waals surface area contributed by atoms with Crippen LogP contribution >= 0.6 is 0 Å². The first-order chi connectivity index (χ1) is 7.16. The van der Waals surface area contributed by atoms with E-state index in [9.17, 15) is 4.79 Å². The van der Waals surface area contributed by atoms with Crippen molar-refractivity contribution in [3.8, 4) is 0 Å². The number of rotatable bonds is 2. The number of hydrogen-bond donors (Lipinski definition) is 1. The van der Waals surface area contributed by atoms with E-state index in [0.717, 1.165) is 31.8 Å². The minimum atomic E-state index is -0.492. The van der Waals surface area contributed by atoms with E-state index < -0.39 is 11.0 Å². The molecule has 0 aliphatic carbocycles. The molecule has 1 rings (SSSR count). The Labute approximate surface area is 99.4 Å². The van der Waals surface area contributed by atoms with E-state index >= 15 is 0 Å². The van der Waals surface area contributed by atoms with Crippen molar-refractivity contribution in [2.24, 2.45) is 17.1 Å². The molecule has 1 saturated heterocycles. The van der Waals surface area contributed by atoms with Crippen LogP contribution in [0.1, 0.15) is 47.5 Å². The monoisotopic (exact) mass is 226 g/mol. The van der Waals surface area contributed by atoms with Crippen LogP contribution < -0.4 is 5.73 Å². The first-order valence-electron chi connectivity index (χ1n) is 6.24. The van der Waals surface area contributed by atoms with Crippen LogP contribution in [-0.2, 0) is 4.79 Å². The van der Waals surface area contributed by atoms with Crippen LogP contribution in [0.15, 0.2) is 0 Å². The van der Waals surface area contributed by atoms with Gasteiger partial charge in [-0.25, -0.2) is 0 Å². The Bertz CT molecular complexity index is 258. The Hall–Kier alpha value is -0.570. The van der Waals surface area contributed by atoms with E-state index in [4.69, 9.17) is 5.73 Å². The van der Waals surface area contributed by atoms with Crippen molar-refractivity contribution in [3.63, 3.8) is 0 Å². The number of piperidine rings is 1. The Morgan fingerprint density at radius 1 is 1.19 bits per heavy atom. The number of nitrogens with two attached hydrogens (primary N) is 1. The van der Waals surface area contributed by atoms with Gasteiger partial charge in [-0.15, -0.1) is 0 Å². The van der Waals surface area contributed by atoms with Crippen molar-refractivity contribution in [1.29, 1.82) is 0 Å². The average Bonchev–Trinajstić information content (AvgIpc) is 2.16. The summed E-state index contributed by atoms with van der Waals surface area (Å²) < 4.78 is 0. The normalized spacial score (nSPS) is 20.0. The lowest BCUT2D eigenvalue weighted by atomic mass is 9.74. The molecule has 0 aromatic rings. The van der Waals surface area contributed by atoms with Gasteiger partial charge in [0.1, 0.15) is 0 Å².